The lowest BCUT2D eigenvalue weighted by Gasteiger charge is -2.45. The lowest BCUT2D eigenvalue weighted by molar-refractivity contribution is -0.308. The van der Waals surface area contributed by atoms with Crippen molar-refractivity contribution in [2.24, 2.45) is 0 Å². The number of carbonyl (C=O) groups is 2. The first-order valence-corrected chi connectivity index (χ1v) is 10.6. The minimum Gasteiger partial charge on any atom is -0.482 e. The molecule has 1 aromatic rings. The van der Waals surface area contributed by atoms with E-state index in [9.17, 15) is 49.1 Å². The highest BCUT2D eigenvalue weighted by atomic mass is 19.4. The van der Waals surface area contributed by atoms with E-state index < -0.39 is 54.4 Å². The maximum absolute atomic E-state index is 13.1. The number of carbonyl (C=O) groups excluding carboxylic acids is 1. The molecule has 1 heterocycles. The van der Waals surface area contributed by atoms with Gasteiger partial charge in [-0.25, -0.2) is 9.59 Å². The van der Waals surface area contributed by atoms with Gasteiger partial charge in [0.2, 0.25) is 0 Å². The Hall–Kier alpha value is -2.91. The Morgan fingerprint density at radius 2 is 1.59 bits per heavy atom. The molecule has 0 aromatic heterocycles. The molecule has 0 saturated carbocycles. The number of hydrogen-bond donors (Lipinski definition) is 1. The van der Waals surface area contributed by atoms with Gasteiger partial charge in [-0.2, -0.15) is 39.5 Å². The van der Waals surface area contributed by atoms with Crippen LogP contribution in [0, 0.1) is 0 Å². The van der Waals surface area contributed by atoms with Crippen LogP contribution in [0.3, 0.4) is 0 Å². The first-order valence-electron chi connectivity index (χ1n) is 10.6. The fraction of sp³-hybridized carbons (Fsp3) is 0.619. The van der Waals surface area contributed by atoms with E-state index >= 15 is 0 Å². The molecule has 0 aliphatic carbocycles. The molecule has 1 fully saturated rings. The zero-order valence-electron chi connectivity index (χ0n) is 19.4. The molecular formula is C21H23F9N2O5. The number of alkyl halides is 9. The van der Waals surface area contributed by atoms with Crippen molar-refractivity contribution in [2.45, 2.75) is 56.5 Å². The van der Waals surface area contributed by atoms with Gasteiger partial charge < -0.3 is 19.5 Å². The van der Waals surface area contributed by atoms with Crippen molar-refractivity contribution in [3.63, 3.8) is 0 Å². The van der Waals surface area contributed by atoms with Crippen molar-refractivity contribution in [3.8, 4) is 5.75 Å². The van der Waals surface area contributed by atoms with Gasteiger partial charge >= 0.3 is 30.6 Å². The summed E-state index contributed by atoms with van der Waals surface area (Å²) >= 11 is 0. The standard InChI is InChI=1S/C21H23F9N2O5/c1-18(5-7-32(8-6-18)17(35)37-16(20(25,26)27)21(28,29)30)31(2)10-12-3-4-13(19(22,23)24)9-14(12)36-11-15(33)34/h3-4,9,16H,5-8,10-11H2,1-2H3,(H,33,34). The summed E-state index contributed by atoms with van der Waals surface area (Å²) in [6.45, 7) is 0.238. The summed E-state index contributed by atoms with van der Waals surface area (Å²) in [5.41, 5.74) is -1.64. The maximum Gasteiger partial charge on any atom is 0.434 e. The molecule has 0 atom stereocenters. The summed E-state index contributed by atoms with van der Waals surface area (Å²) in [5.74, 6) is -1.74. The molecular weight excluding hydrogens is 531 g/mol. The van der Waals surface area contributed by atoms with Gasteiger partial charge in [-0.05, 0) is 38.9 Å². The molecule has 0 spiro atoms. The highest BCUT2D eigenvalue weighted by Gasteiger charge is 2.60. The van der Waals surface area contributed by atoms with E-state index in [1.165, 1.54) is 0 Å². The lowest BCUT2D eigenvalue weighted by atomic mass is 9.87. The summed E-state index contributed by atoms with van der Waals surface area (Å²) in [6.07, 6.45) is -22.3. The highest BCUT2D eigenvalue weighted by Crippen LogP contribution is 2.38. The smallest absolute Gasteiger partial charge is 0.434 e. The van der Waals surface area contributed by atoms with Crippen LogP contribution in [0.5, 0.6) is 5.75 Å². The molecule has 7 nitrogen and oxygen atoms in total. The second kappa shape index (κ2) is 10.8. The van der Waals surface area contributed by atoms with Gasteiger partial charge in [-0.3, -0.25) is 4.90 Å². The molecule has 0 radical (unpaired) electrons. The van der Waals surface area contributed by atoms with Gasteiger partial charge in [-0.15, -0.1) is 0 Å². The first-order chi connectivity index (χ1) is 16.7. The number of ether oxygens (including phenoxy) is 2. The molecule has 2 rings (SSSR count). The SMILES string of the molecule is CN(Cc1ccc(C(F)(F)F)cc1OCC(=O)O)C1(C)CCN(C(=O)OC(C(F)(F)F)C(F)(F)F)CC1. The minimum absolute atomic E-state index is 0.0434. The Labute approximate surface area is 204 Å². The number of aliphatic carboxylic acids is 1. The molecule has 16 heteroatoms. The normalized spacial score (nSPS) is 16.7. The summed E-state index contributed by atoms with van der Waals surface area (Å²) in [5, 5.41) is 8.81. The largest absolute Gasteiger partial charge is 0.482 e. The molecule has 1 saturated heterocycles. The van der Waals surface area contributed by atoms with Crippen LogP contribution >= 0.6 is 0 Å². The van der Waals surface area contributed by atoms with Crippen LogP contribution in [0.2, 0.25) is 0 Å². The Balaban J connectivity index is 2.11. The van der Waals surface area contributed by atoms with Crippen molar-refractivity contribution in [1.29, 1.82) is 0 Å². The number of carboxylic acids is 1. The quantitative estimate of drug-likeness (QED) is 0.474. The van der Waals surface area contributed by atoms with E-state index in [-0.39, 0.29) is 43.8 Å². The van der Waals surface area contributed by atoms with E-state index in [2.05, 4.69) is 4.74 Å². The second-order valence-corrected chi connectivity index (χ2v) is 8.69. The molecule has 210 valence electrons. The van der Waals surface area contributed by atoms with E-state index in [0.717, 1.165) is 12.1 Å². The zero-order chi connectivity index (χ0) is 28.4. The van der Waals surface area contributed by atoms with Crippen LogP contribution in [0.25, 0.3) is 0 Å². The zero-order valence-corrected chi connectivity index (χ0v) is 19.4. The average Bonchev–Trinajstić information content (AvgIpc) is 2.74. The van der Waals surface area contributed by atoms with Crippen LogP contribution in [0.15, 0.2) is 18.2 Å². The molecule has 1 aliphatic heterocycles. The van der Waals surface area contributed by atoms with E-state index in [0.29, 0.717) is 11.0 Å². The number of halogens is 9. The van der Waals surface area contributed by atoms with Crippen LogP contribution in [-0.2, 0) is 22.3 Å². The van der Waals surface area contributed by atoms with Crippen LogP contribution in [0.4, 0.5) is 44.3 Å². The minimum atomic E-state index is -5.85. The number of benzene rings is 1. The number of carboxylic acid groups (broad SMARTS) is 1. The molecule has 1 amide bonds. The average molecular weight is 554 g/mol. The van der Waals surface area contributed by atoms with Crippen molar-refractivity contribution in [3.05, 3.63) is 29.3 Å². The number of rotatable bonds is 7. The summed E-state index contributed by atoms with van der Waals surface area (Å²) in [6, 6.07) is 2.56. The maximum atomic E-state index is 13.1. The van der Waals surface area contributed by atoms with Gasteiger partial charge in [-0.1, -0.05) is 6.07 Å². The third-order valence-corrected chi connectivity index (χ3v) is 5.99. The topological polar surface area (TPSA) is 79.3 Å². The summed E-state index contributed by atoms with van der Waals surface area (Å²) < 4.78 is 124. The first kappa shape index (κ1) is 30.3. The van der Waals surface area contributed by atoms with E-state index in [1.54, 1.807) is 18.9 Å². The van der Waals surface area contributed by atoms with Gasteiger partial charge in [0, 0.05) is 30.7 Å². The third-order valence-electron chi connectivity index (χ3n) is 5.99. The van der Waals surface area contributed by atoms with Crippen LogP contribution in [-0.4, -0.2) is 77.7 Å². The van der Waals surface area contributed by atoms with Crippen molar-refractivity contribution in [2.75, 3.05) is 26.7 Å². The van der Waals surface area contributed by atoms with Crippen LogP contribution < -0.4 is 4.74 Å². The highest BCUT2D eigenvalue weighted by molar-refractivity contribution is 5.68. The Kier molecular flexibility index (Phi) is 8.87. The fourth-order valence-electron chi connectivity index (χ4n) is 3.63. The van der Waals surface area contributed by atoms with Crippen molar-refractivity contribution in [1.82, 2.24) is 9.80 Å². The number of amides is 1. The number of nitrogens with zero attached hydrogens (tertiary/aromatic N) is 2. The predicted octanol–water partition coefficient (Wildman–Crippen LogP) is 5.08. The molecule has 1 aliphatic rings. The van der Waals surface area contributed by atoms with Gasteiger partial charge in [0.1, 0.15) is 5.75 Å². The van der Waals surface area contributed by atoms with Gasteiger partial charge in [0.25, 0.3) is 6.10 Å². The van der Waals surface area contributed by atoms with Crippen molar-refractivity contribution < 1.29 is 63.7 Å². The monoisotopic (exact) mass is 554 g/mol. The van der Waals surface area contributed by atoms with Crippen LogP contribution in [0.1, 0.15) is 30.9 Å². The van der Waals surface area contributed by atoms with E-state index in [4.69, 9.17) is 9.84 Å². The predicted molar refractivity (Wildman–Crippen MR) is 108 cm³/mol. The fourth-order valence-corrected chi connectivity index (χ4v) is 3.63. The Morgan fingerprint density at radius 3 is 2.05 bits per heavy atom. The second-order valence-electron chi connectivity index (χ2n) is 8.69. The number of likely N-dealkylation sites (tertiary alicyclic amines) is 1. The third kappa shape index (κ3) is 8.04. The Morgan fingerprint density at radius 1 is 1.05 bits per heavy atom. The Bertz CT molecular complexity index is 957. The van der Waals surface area contributed by atoms with E-state index in [1.807, 2.05) is 0 Å². The summed E-state index contributed by atoms with van der Waals surface area (Å²) in [7, 11) is 1.57. The van der Waals surface area contributed by atoms with Crippen molar-refractivity contribution >= 4 is 12.1 Å². The number of piperidine rings is 1. The number of hydrogen-bond acceptors (Lipinski definition) is 5. The molecule has 1 N–H and O–H groups in total. The summed E-state index contributed by atoms with van der Waals surface area (Å²) in [4.78, 5) is 25.2. The van der Waals surface area contributed by atoms with Gasteiger partial charge in [0.15, 0.2) is 6.61 Å². The molecule has 37 heavy (non-hydrogen) atoms. The molecule has 0 bridgehead atoms. The molecule has 0 unspecified atom stereocenters. The van der Waals surface area contributed by atoms with Gasteiger partial charge in [0.05, 0.1) is 5.56 Å². The lowest BCUT2D eigenvalue weighted by Crippen LogP contribution is -2.54. The molecule has 1 aromatic carbocycles.